The molecule has 0 saturated carbocycles. The molecule has 0 aliphatic rings. The number of fused-ring (bicyclic) bond motifs is 1. The summed E-state index contributed by atoms with van der Waals surface area (Å²) in [4.78, 5) is 19.8. The summed E-state index contributed by atoms with van der Waals surface area (Å²) in [6, 6.07) is 7.55. The van der Waals surface area contributed by atoms with Crippen LogP contribution in [0.4, 0.5) is 5.69 Å². The molecule has 4 N–H and O–H groups in total. The number of nitrogens with one attached hydrogen (secondary N) is 1. The van der Waals surface area contributed by atoms with Crippen LogP contribution in [0.25, 0.3) is 10.2 Å². The van der Waals surface area contributed by atoms with Gasteiger partial charge in [0.2, 0.25) is 0 Å². The summed E-state index contributed by atoms with van der Waals surface area (Å²) in [7, 11) is 0. The third-order valence-corrected chi connectivity index (χ3v) is 4.85. The maximum atomic E-state index is 11.2. The van der Waals surface area contributed by atoms with Gasteiger partial charge in [-0.3, -0.25) is 0 Å². The SMILES string of the molecule is Cc1c(C(=O)O)sc2nc(Cc3cccc(N)c3)[nH]c(=S)c12. The minimum Gasteiger partial charge on any atom is -0.477 e. The quantitative estimate of drug-likeness (QED) is 0.504. The molecule has 0 atom stereocenters. The van der Waals surface area contributed by atoms with Crippen LogP contribution in [0.15, 0.2) is 24.3 Å². The first kappa shape index (κ1) is 14.7. The van der Waals surface area contributed by atoms with Crippen LogP contribution in [0.3, 0.4) is 0 Å². The molecule has 112 valence electrons. The minimum absolute atomic E-state index is 0.281. The molecule has 1 aromatic carbocycles. The van der Waals surface area contributed by atoms with Crippen LogP contribution < -0.4 is 5.73 Å². The van der Waals surface area contributed by atoms with Crippen molar-refractivity contribution in [2.24, 2.45) is 0 Å². The highest BCUT2D eigenvalue weighted by Gasteiger charge is 2.17. The number of hydrogen-bond acceptors (Lipinski definition) is 5. The lowest BCUT2D eigenvalue weighted by molar-refractivity contribution is 0.0701. The van der Waals surface area contributed by atoms with Crippen molar-refractivity contribution in [1.29, 1.82) is 0 Å². The number of aromatic amines is 1. The molecule has 7 heteroatoms. The van der Waals surface area contributed by atoms with Gasteiger partial charge in [0.25, 0.3) is 0 Å². The van der Waals surface area contributed by atoms with Crippen molar-refractivity contribution in [1.82, 2.24) is 9.97 Å². The van der Waals surface area contributed by atoms with E-state index in [-0.39, 0.29) is 4.88 Å². The van der Waals surface area contributed by atoms with Crippen LogP contribution in [-0.4, -0.2) is 21.0 Å². The van der Waals surface area contributed by atoms with Crippen molar-refractivity contribution in [2.45, 2.75) is 13.3 Å². The Morgan fingerprint density at radius 3 is 2.95 bits per heavy atom. The fourth-order valence-corrected chi connectivity index (χ4v) is 3.85. The van der Waals surface area contributed by atoms with E-state index in [9.17, 15) is 9.90 Å². The van der Waals surface area contributed by atoms with E-state index in [1.807, 2.05) is 24.3 Å². The largest absolute Gasteiger partial charge is 0.477 e. The lowest BCUT2D eigenvalue weighted by Crippen LogP contribution is -1.98. The van der Waals surface area contributed by atoms with Crippen molar-refractivity contribution in [3.8, 4) is 0 Å². The number of H-pyrrole nitrogens is 1. The van der Waals surface area contributed by atoms with E-state index in [0.29, 0.717) is 38.4 Å². The minimum atomic E-state index is -0.952. The van der Waals surface area contributed by atoms with Crippen molar-refractivity contribution in [2.75, 3.05) is 5.73 Å². The number of nitrogens with two attached hydrogens (primary N) is 1. The van der Waals surface area contributed by atoms with E-state index in [4.69, 9.17) is 18.0 Å². The predicted molar refractivity (Wildman–Crippen MR) is 90.2 cm³/mol. The number of nitrogens with zero attached hydrogens (tertiary/aromatic N) is 1. The Bertz CT molecular complexity index is 944. The first-order valence-electron chi connectivity index (χ1n) is 6.55. The van der Waals surface area contributed by atoms with E-state index in [1.165, 1.54) is 0 Å². The van der Waals surface area contributed by atoms with Crippen LogP contribution in [-0.2, 0) is 6.42 Å². The molecule has 0 spiro atoms. The summed E-state index contributed by atoms with van der Waals surface area (Å²) in [5, 5.41) is 9.93. The maximum absolute atomic E-state index is 11.2. The van der Waals surface area contributed by atoms with Gasteiger partial charge in [0.1, 0.15) is 20.2 Å². The van der Waals surface area contributed by atoms with Crippen LogP contribution in [0, 0.1) is 11.6 Å². The molecular weight excluding hydrogens is 318 g/mol. The van der Waals surface area contributed by atoms with E-state index in [1.54, 1.807) is 6.92 Å². The number of nitrogen functional groups attached to an aromatic ring is 1. The fraction of sp³-hybridized carbons (Fsp3) is 0.133. The zero-order chi connectivity index (χ0) is 15.9. The van der Waals surface area contributed by atoms with Crippen LogP contribution in [0.1, 0.15) is 26.6 Å². The number of carboxylic acids is 1. The Labute approximate surface area is 135 Å². The standard InChI is InChI=1S/C15H13N3O2S2/c1-7-11-13(21)17-10(6-8-3-2-4-9(16)5-8)18-14(11)22-12(7)15(19)20/h2-5H,6,16H2,1H3,(H,19,20)(H,17,18,21). The first-order valence-corrected chi connectivity index (χ1v) is 7.78. The topological polar surface area (TPSA) is 92.0 Å². The van der Waals surface area contributed by atoms with Gasteiger partial charge >= 0.3 is 5.97 Å². The number of thiophene rings is 1. The van der Waals surface area contributed by atoms with Gasteiger partial charge in [-0.1, -0.05) is 24.4 Å². The normalized spacial score (nSPS) is 11.0. The molecule has 3 rings (SSSR count). The number of aromatic carboxylic acids is 1. The van der Waals surface area contributed by atoms with Gasteiger partial charge in [-0.15, -0.1) is 11.3 Å². The molecule has 0 aliphatic heterocycles. The van der Waals surface area contributed by atoms with Crippen molar-refractivity contribution in [3.05, 3.63) is 50.7 Å². The monoisotopic (exact) mass is 331 g/mol. The van der Waals surface area contributed by atoms with E-state index >= 15 is 0 Å². The highest BCUT2D eigenvalue weighted by Crippen LogP contribution is 2.30. The third kappa shape index (κ3) is 2.60. The summed E-state index contributed by atoms with van der Waals surface area (Å²) in [6.45, 7) is 1.76. The molecule has 22 heavy (non-hydrogen) atoms. The van der Waals surface area contributed by atoms with Gasteiger partial charge in [0.05, 0.1) is 0 Å². The Balaban J connectivity index is 2.09. The maximum Gasteiger partial charge on any atom is 0.346 e. The van der Waals surface area contributed by atoms with Crippen molar-refractivity contribution >= 4 is 45.4 Å². The van der Waals surface area contributed by atoms with Gasteiger partial charge in [-0.25, -0.2) is 9.78 Å². The van der Waals surface area contributed by atoms with Crippen LogP contribution >= 0.6 is 23.6 Å². The van der Waals surface area contributed by atoms with Crippen LogP contribution in [0.2, 0.25) is 0 Å². The van der Waals surface area contributed by atoms with E-state index < -0.39 is 5.97 Å². The molecule has 0 fully saturated rings. The van der Waals surface area contributed by atoms with Gasteiger partial charge < -0.3 is 15.8 Å². The number of aryl methyl sites for hydroxylation is 1. The molecule has 5 nitrogen and oxygen atoms in total. The number of carbonyl (C=O) groups is 1. The van der Waals surface area contributed by atoms with Crippen molar-refractivity contribution < 1.29 is 9.90 Å². The van der Waals surface area contributed by atoms with E-state index in [0.717, 1.165) is 16.9 Å². The second-order valence-electron chi connectivity index (χ2n) is 4.98. The number of benzene rings is 1. The number of carboxylic acid groups (broad SMARTS) is 1. The number of hydrogen-bond donors (Lipinski definition) is 3. The summed E-state index contributed by atoms with van der Waals surface area (Å²) in [6.07, 6.45) is 0.559. The first-order chi connectivity index (χ1) is 10.5. The van der Waals surface area contributed by atoms with Gasteiger partial charge in [0.15, 0.2) is 0 Å². The average Bonchev–Trinajstić information content (AvgIpc) is 2.76. The highest BCUT2D eigenvalue weighted by molar-refractivity contribution is 7.71. The molecule has 0 amide bonds. The molecule has 0 radical (unpaired) electrons. The Kier molecular flexibility index (Phi) is 3.67. The summed E-state index contributed by atoms with van der Waals surface area (Å²) in [5.41, 5.74) is 8.15. The van der Waals surface area contributed by atoms with Crippen molar-refractivity contribution in [3.63, 3.8) is 0 Å². The summed E-state index contributed by atoms with van der Waals surface area (Å²) in [5.74, 6) is -0.256. The second kappa shape index (κ2) is 5.51. The number of aromatic nitrogens is 2. The molecule has 2 aromatic heterocycles. The fourth-order valence-electron chi connectivity index (χ4n) is 2.37. The Hall–Kier alpha value is -2.25. The molecule has 0 aliphatic carbocycles. The Morgan fingerprint density at radius 2 is 2.27 bits per heavy atom. The zero-order valence-electron chi connectivity index (χ0n) is 11.7. The lowest BCUT2D eigenvalue weighted by atomic mass is 10.1. The average molecular weight is 331 g/mol. The molecule has 0 bridgehead atoms. The van der Waals surface area contributed by atoms with Gasteiger partial charge in [-0.05, 0) is 30.2 Å². The number of anilines is 1. The molecule has 3 aromatic rings. The van der Waals surface area contributed by atoms with Crippen LogP contribution in [0.5, 0.6) is 0 Å². The van der Waals surface area contributed by atoms with Gasteiger partial charge in [0, 0.05) is 17.5 Å². The summed E-state index contributed by atoms with van der Waals surface area (Å²) < 4.78 is 0.519. The Morgan fingerprint density at radius 1 is 1.50 bits per heavy atom. The molecule has 0 saturated heterocycles. The lowest BCUT2D eigenvalue weighted by Gasteiger charge is -2.03. The van der Waals surface area contributed by atoms with Gasteiger partial charge in [-0.2, -0.15) is 0 Å². The second-order valence-corrected chi connectivity index (χ2v) is 6.38. The molecular formula is C15H13N3O2S2. The summed E-state index contributed by atoms with van der Waals surface area (Å²) >= 11 is 6.52. The molecule has 0 unspecified atom stereocenters. The third-order valence-electron chi connectivity index (χ3n) is 3.37. The smallest absolute Gasteiger partial charge is 0.346 e. The zero-order valence-corrected chi connectivity index (χ0v) is 13.3. The predicted octanol–water partition coefficient (Wildman–Crippen LogP) is 3.53. The molecule has 2 heterocycles. The highest BCUT2D eigenvalue weighted by atomic mass is 32.1. The van der Waals surface area contributed by atoms with E-state index in [2.05, 4.69) is 9.97 Å². The number of rotatable bonds is 3.